The summed E-state index contributed by atoms with van der Waals surface area (Å²) < 4.78 is 20.5. The predicted octanol–water partition coefficient (Wildman–Crippen LogP) is 2.86. The summed E-state index contributed by atoms with van der Waals surface area (Å²) in [5, 5.41) is 6.61. The first-order valence-electron chi connectivity index (χ1n) is 8.95. The quantitative estimate of drug-likeness (QED) is 0.394. The molecule has 0 fully saturated rings. The molecule has 10 nitrogen and oxygen atoms in total. The first kappa shape index (κ1) is 21.9. The zero-order valence-corrected chi connectivity index (χ0v) is 17.4. The van der Waals surface area contributed by atoms with E-state index in [0.29, 0.717) is 11.4 Å². The van der Waals surface area contributed by atoms with Gasteiger partial charge < -0.3 is 29.8 Å². The fourth-order valence-corrected chi connectivity index (χ4v) is 2.77. The molecule has 162 valence electrons. The molecule has 0 atom stereocenters. The Morgan fingerprint density at radius 1 is 1.16 bits per heavy atom. The van der Waals surface area contributed by atoms with E-state index in [1.54, 1.807) is 24.3 Å². The van der Waals surface area contributed by atoms with Crippen LogP contribution in [-0.2, 0) is 22.6 Å². The Morgan fingerprint density at radius 2 is 1.90 bits per heavy atom. The van der Waals surface area contributed by atoms with E-state index in [1.807, 2.05) is 0 Å². The molecule has 1 heterocycles. The van der Waals surface area contributed by atoms with E-state index in [-0.39, 0.29) is 52.7 Å². The molecule has 0 bridgehead atoms. The van der Waals surface area contributed by atoms with Crippen LogP contribution >= 0.6 is 11.6 Å². The molecule has 0 aliphatic heterocycles. The summed E-state index contributed by atoms with van der Waals surface area (Å²) in [6.07, 6.45) is -0.142. The third kappa shape index (κ3) is 5.43. The average molecular weight is 447 g/mol. The van der Waals surface area contributed by atoms with Crippen molar-refractivity contribution in [3.8, 4) is 11.5 Å². The molecule has 11 heteroatoms. The molecule has 31 heavy (non-hydrogen) atoms. The summed E-state index contributed by atoms with van der Waals surface area (Å²) in [5.74, 6) is -0.191. The molecule has 3 aromatic rings. The lowest BCUT2D eigenvalue weighted by Crippen LogP contribution is -2.15. The van der Waals surface area contributed by atoms with Gasteiger partial charge in [0, 0.05) is 6.07 Å². The Labute approximate surface area is 182 Å². The van der Waals surface area contributed by atoms with Crippen molar-refractivity contribution in [3.63, 3.8) is 0 Å². The number of nitrogens with two attached hydrogens (primary N) is 1. The predicted molar refractivity (Wildman–Crippen MR) is 111 cm³/mol. The zero-order valence-electron chi connectivity index (χ0n) is 16.7. The summed E-state index contributed by atoms with van der Waals surface area (Å²) in [6.45, 7) is -0.300. The monoisotopic (exact) mass is 446 g/mol. The number of methoxy groups -OCH3 is 2. The Hall–Kier alpha value is -3.79. The maximum absolute atomic E-state index is 12.3. The normalized spacial score (nSPS) is 10.4. The molecule has 0 aliphatic rings. The van der Waals surface area contributed by atoms with Crippen LogP contribution in [0.2, 0.25) is 5.02 Å². The zero-order chi connectivity index (χ0) is 22.4. The van der Waals surface area contributed by atoms with Crippen LogP contribution in [-0.4, -0.2) is 36.2 Å². The summed E-state index contributed by atoms with van der Waals surface area (Å²) in [6, 6.07) is 9.75. The molecule has 0 saturated carbocycles. The first-order chi connectivity index (χ1) is 14.9. The van der Waals surface area contributed by atoms with Crippen LogP contribution in [0, 0.1) is 0 Å². The van der Waals surface area contributed by atoms with Crippen molar-refractivity contribution in [1.82, 2.24) is 10.1 Å². The van der Waals surface area contributed by atoms with Gasteiger partial charge in [-0.25, -0.2) is 4.79 Å². The minimum atomic E-state index is -0.715. The fraction of sp³-hybridized carbons (Fsp3) is 0.200. The number of ether oxygens (including phenoxy) is 3. The van der Waals surface area contributed by atoms with Crippen LogP contribution < -0.4 is 20.5 Å². The summed E-state index contributed by atoms with van der Waals surface area (Å²) in [4.78, 5) is 28.6. The summed E-state index contributed by atoms with van der Waals surface area (Å²) in [5.41, 5.74) is 6.58. The van der Waals surface area contributed by atoms with Gasteiger partial charge in [-0.1, -0.05) is 28.9 Å². The lowest BCUT2D eigenvalue weighted by atomic mass is 10.2. The first-order valence-corrected chi connectivity index (χ1v) is 9.33. The number of halogens is 1. The number of nitrogen functional groups attached to an aromatic ring is 1. The van der Waals surface area contributed by atoms with E-state index >= 15 is 0 Å². The smallest absolute Gasteiger partial charge is 0.342 e. The highest BCUT2D eigenvalue weighted by molar-refractivity contribution is 6.33. The molecule has 2 aromatic carbocycles. The molecular formula is C20H19ClN4O6. The van der Waals surface area contributed by atoms with Crippen molar-refractivity contribution in [3.05, 3.63) is 58.7 Å². The minimum Gasteiger partial charge on any atom is -0.496 e. The lowest BCUT2D eigenvalue weighted by molar-refractivity contribution is -0.115. The van der Waals surface area contributed by atoms with Gasteiger partial charge in [-0.05, 0) is 18.2 Å². The number of carbonyl (C=O) groups excluding carboxylic acids is 2. The minimum absolute atomic E-state index is 0.0222. The molecule has 0 aliphatic carbocycles. The van der Waals surface area contributed by atoms with Gasteiger partial charge in [0.25, 0.3) is 5.89 Å². The van der Waals surface area contributed by atoms with Crippen molar-refractivity contribution in [2.75, 3.05) is 25.3 Å². The number of benzene rings is 2. The second kappa shape index (κ2) is 9.81. The summed E-state index contributed by atoms with van der Waals surface area (Å²) in [7, 11) is 2.89. The standard InChI is InChI=1S/C20H19ClN4O6/c1-28-15-6-4-3-5-14(15)23-18(26)9-17-24-19(31-25-17)10-30-20(27)11-7-12(21)13(22)8-16(11)29-2/h3-8H,9-10,22H2,1-2H3,(H,23,26). The molecule has 0 radical (unpaired) electrons. The maximum atomic E-state index is 12.3. The number of carbonyl (C=O) groups is 2. The van der Waals surface area contributed by atoms with E-state index in [0.717, 1.165) is 0 Å². The van der Waals surface area contributed by atoms with Crippen LogP contribution in [0.3, 0.4) is 0 Å². The highest BCUT2D eigenvalue weighted by Crippen LogP contribution is 2.29. The van der Waals surface area contributed by atoms with E-state index < -0.39 is 5.97 Å². The number of rotatable bonds is 8. The highest BCUT2D eigenvalue weighted by Gasteiger charge is 2.19. The Balaban J connectivity index is 1.58. The highest BCUT2D eigenvalue weighted by atomic mass is 35.5. The second-order valence-corrected chi connectivity index (χ2v) is 6.59. The molecule has 1 aromatic heterocycles. The number of aromatic nitrogens is 2. The van der Waals surface area contributed by atoms with E-state index in [4.69, 9.17) is 36.1 Å². The van der Waals surface area contributed by atoms with Gasteiger partial charge >= 0.3 is 5.97 Å². The SMILES string of the molecule is COc1ccccc1NC(=O)Cc1noc(COC(=O)c2cc(Cl)c(N)cc2OC)n1. The number of hydrogen-bond acceptors (Lipinski definition) is 9. The average Bonchev–Trinajstić information content (AvgIpc) is 3.21. The van der Waals surface area contributed by atoms with Gasteiger partial charge in [-0.2, -0.15) is 4.98 Å². The number of amides is 1. The third-order valence-corrected chi connectivity index (χ3v) is 4.40. The second-order valence-electron chi connectivity index (χ2n) is 6.18. The number of hydrogen-bond donors (Lipinski definition) is 2. The van der Waals surface area contributed by atoms with Crippen molar-refractivity contribution in [2.45, 2.75) is 13.0 Å². The van der Waals surface area contributed by atoms with Crippen molar-refractivity contribution in [2.24, 2.45) is 0 Å². The van der Waals surface area contributed by atoms with Gasteiger partial charge in [0.05, 0.1) is 37.0 Å². The van der Waals surface area contributed by atoms with Gasteiger partial charge in [0.2, 0.25) is 5.91 Å². The van der Waals surface area contributed by atoms with Gasteiger partial charge in [0.1, 0.15) is 17.1 Å². The lowest BCUT2D eigenvalue weighted by Gasteiger charge is -2.09. The maximum Gasteiger partial charge on any atom is 0.342 e. The Morgan fingerprint density at radius 3 is 2.65 bits per heavy atom. The number of anilines is 2. The molecule has 3 rings (SSSR count). The van der Waals surface area contributed by atoms with E-state index in [1.165, 1.54) is 26.4 Å². The topological polar surface area (TPSA) is 139 Å². The molecular weight excluding hydrogens is 428 g/mol. The van der Waals surface area contributed by atoms with Gasteiger partial charge in [0.15, 0.2) is 12.4 Å². The molecule has 0 saturated heterocycles. The van der Waals surface area contributed by atoms with Gasteiger partial charge in [-0.3, -0.25) is 4.79 Å². The van der Waals surface area contributed by atoms with E-state index in [9.17, 15) is 9.59 Å². The van der Waals surface area contributed by atoms with Crippen LogP contribution in [0.15, 0.2) is 40.9 Å². The van der Waals surface area contributed by atoms with Crippen LogP contribution in [0.4, 0.5) is 11.4 Å². The molecule has 0 spiro atoms. The Bertz CT molecular complexity index is 1100. The number of nitrogens with one attached hydrogen (secondary N) is 1. The number of para-hydroxylation sites is 2. The van der Waals surface area contributed by atoms with Crippen molar-refractivity contribution in [1.29, 1.82) is 0 Å². The largest absolute Gasteiger partial charge is 0.496 e. The van der Waals surface area contributed by atoms with Gasteiger partial charge in [-0.15, -0.1) is 0 Å². The van der Waals surface area contributed by atoms with Crippen molar-refractivity contribution < 1.29 is 28.3 Å². The van der Waals surface area contributed by atoms with Crippen LogP contribution in [0.25, 0.3) is 0 Å². The molecule has 0 unspecified atom stereocenters. The van der Waals surface area contributed by atoms with Crippen LogP contribution in [0.1, 0.15) is 22.1 Å². The number of esters is 1. The Kier molecular flexibility index (Phi) is 6.93. The van der Waals surface area contributed by atoms with Crippen molar-refractivity contribution >= 4 is 34.9 Å². The van der Waals surface area contributed by atoms with Crippen LogP contribution in [0.5, 0.6) is 11.5 Å². The molecule has 1 amide bonds. The summed E-state index contributed by atoms with van der Waals surface area (Å²) >= 11 is 5.96. The number of nitrogens with zero attached hydrogens (tertiary/aromatic N) is 2. The van der Waals surface area contributed by atoms with E-state index in [2.05, 4.69) is 15.5 Å². The fourth-order valence-electron chi connectivity index (χ4n) is 2.61. The molecule has 3 N–H and O–H groups in total. The third-order valence-electron chi connectivity index (χ3n) is 4.08.